The Kier molecular flexibility index (Phi) is 7.08. The highest BCUT2D eigenvalue weighted by atomic mass is 16.5. The summed E-state index contributed by atoms with van der Waals surface area (Å²) in [6, 6.07) is 15.4. The third kappa shape index (κ3) is 5.38. The van der Waals surface area contributed by atoms with Crippen LogP contribution in [0.4, 0.5) is 5.69 Å². The molecule has 1 amide bonds. The molecule has 0 aromatic heterocycles. The standard InChI is InChI=1S/C21H26N2O2/c1-4-15-25-20-13-9-18(10-14-20)21(24)22-16-17-7-11-19(12-8-17)23(5-2)6-3/h4,7-14H,1,5-6,15-16H2,2-3H3,(H,22,24). The number of carbonyl (C=O) groups is 1. The monoisotopic (exact) mass is 338 g/mol. The van der Waals surface area contributed by atoms with E-state index in [9.17, 15) is 4.79 Å². The van der Waals surface area contributed by atoms with Crippen molar-refractivity contribution < 1.29 is 9.53 Å². The topological polar surface area (TPSA) is 41.6 Å². The summed E-state index contributed by atoms with van der Waals surface area (Å²) < 4.78 is 5.41. The van der Waals surface area contributed by atoms with Gasteiger partial charge in [-0.3, -0.25) is 4.79 Å². The summed E-state index contributed by atoms with van der Waals surface area (Å²) >= 11 is 0. The van der Waals surface area contributed by atoms with E-state index in [2.05, 4.69) is 54.9 Å². The first-order chi connectivity index (χ1) is 12.2. The normalized spacial score (nSPS) is 10.2. The number of ether oxygens (including phenoxy) is 1. The number of hydrogen-bond donors (Lipinski definition) is 1. The number of amides is 1. The van der Waals surface area contributed by atoms with E-state index in [1.807, 2.05) is 0 Å². The number of nitrogens with zero attached hydrogens (tertiary/aromatic N) is 1. The summed E-state index contributed by atoms with van der Waals surface area (Å²) in [6.45, 7) is 10.8. The SMILES string of the molecule is C=CCOc1ccc(C(=O)NCc2ccc(N(CC)CC)cc2)cc1. The van der Waals surface area contributed by atoms with Crippen molar-refractivity contribution in [3.8, 4) is 5.75 Å². The number of hydrogen-bond acceptors (Lipinski definition) is 3. The van der Waals surface area contributed by atoms with Crippen LogP contribution in [0.15, 0.2) is 61.2 Å². The maximum Gasteiger partial charge on any atom is 0.251 e. The Morgan fingerprint density at radius 2 is 1.72 bits per heavy atom. The molecule has 0 fully saturated rings. The average Bonchev–Trinajstić information content (AvgIpc) is 2.67. The molecule has 2 aromatic rings. The van der Waals surface area contributed by atoms with Gasteiger partial charge in [-0.05, 0) is 55.8 Å². The Hall–Kier alpha value is -2.75. The van der Waals surface area contributed by atoms with Gasteiger partial charge in [-0.2, -0.15) is 0 Å². The van der Waals surface area contributed by atoms with Crippen LogP contribution in [0.1, 0.15) is 29.8 Å². The van der Waals surface area contributed by atoms with Crippen molar-refractivity contribution in [2.24, 2.45) is 0 Å². The zero-order valence-electron chi connectivity index (χ0n) is 15.0. The van der Waals surface area contributed by atoms with E-state index in [1.54, 1.807) is 30.3 Å². The number of carbonyl (C=O) groups excluding carboxylic acids is 1. The van der Waals surface area contributed by atoms with Crippen LogP contribution in [-0.2, 0) is 6.54 Å². The minimum absolute atomic E-state index is 0.0944. The highest BCUT2D eigenvalue weighted by Gasteiger charge is 2.06. The molecule has 0 bridgehead atoms. The lowest BCUT2D eigenvalue weighted by atomic mass is 10.1. The van der Waals surface area contributed by atoms with Crippen LogP contribution in [0, 0.1) is 0 Å². The molecule has 0 saturated carbocycles. The quantitative estimate of drug-likeness (QED) is 0.702. The second kappa shape index (κ2) is 9.52. The summed E-state index contributed by atoms with van der Waals surface area (Å²) in [5.74, 6) is 0.631. The van der Waals surface area contributed by atoms with Crippen molar-refractivity contribution in [3.63, 3.8) is 0 Å². The second-order valence-electron chi connectivity index (χ2n) is 5.65. The molecule has 1 N–H and O–H groups in total. The van der Waals surface area contributed by atoms with Crippen LogP contribution in [0.25, 0.3) is 0 Å². The highest BCUT2D eigenvalue weighted by Crippen LogP contribution is 2.15. The number of rotatable bonds is 9. The first-order valence-corrected chi connectivity index (χ1v) is 8.63. The molecule has 0 aliphatic heterocycles. The predicted molar refractivity (Wildman–Crippen MR) is 103 cm³/mol. The van der Waals surface area contributed by atoms with Gasteiger partial charge in [0.05, 0.1) is 0 Å². The molecule has 0 radical (unpaired) electrons. The van der Waals surface area contributed by atoms with E-state index in [4.69, 9.17) is 4.74 Å². The van der Waals surface area contributed by atoms with Crippen LogP contribution in [0.2, 0.25) is 0 Å². The Bertz CT molecular complexity index is 674. The van der Waals surface area contributed by atoms with Crippen LogP contribution >= 0.6 is 0 Å². The lowest BCUT2D eigenvalue weighted by molar-refractivity contribution is 0.0951. The van der Waals surface area contributed by atoms with Gasteiger partial charge in [0, 0.05) is 30.9 Å². The number of benzene rings is 2. The fourth-order valence-electron chi connectivity index (χ4n) is 2.56. The van der Waals surface area contributed by atoms with Crippen molar-refractivity contribution in [3.05, 3.63) is 72.3 Å². The maximum absolute atomic E-state index is 12.2. The Morgan fingerprint density at radius 1 is 1.08 bits per heavy atom. The summed E-state index contributed by atoms with van der Waals surface area (Å²) in [6.07, 6.45) is 1.69. The van der Waals surface area contributed by atoms with Gasteiger partial charge in [0.2, 0.25) is 0 Å². The summed E-state index contributed by atoms with van der Waals surface area (Å²) in [5.41, 5.74) is 2.90. The molecule has 132 valence electrons. The summed E-state index contributed by atoms with van der Waals surface area (Å²) in [4.78, 5) is 14.5. The Morgan fingerprint density at radius 3 is 2.28 bits per heavy atom. The van der Waals surface area contributed by atoms with Crippen LogP contribution < -0.4 is 15.0 Å². The van der Waals surface area contributed by atoms with E-state index < -0.39 is 0 Å². The van der Waals surface area contributed by atoms with Crippen molar-refractivity contribution in [1.82, 2.24) is 5.32 Å². The Labute approximate surface area is 150 Å². The van der Waals surface area contributed by atoms with Gasteiger partial charge >= 0.3 is 0 Å². The van der Waals surface area contributed by atoms with Crippen LogP contribution in [0.5, 0.6) is 5.75 Å². The molecule has 0 unspecified atom stereocenters. The van der Waals surface area contributed by atoms with Crippen molar-refractivity contribution in [2.45, 2.75) is 20.4 Å². The van der Waals surface area contributed by atoms with Gasteiger partial charge in [0.1, 0.15) is 12.4 Å². The fourth-order valence-corrected chi connectivity index (χ4v) is 2.56. The molecule has 2 aromatic carbocycles. The molecule has 0 atom stereocenters. The van der Waals surface area contributed by atoms with E-state index in [0.29, 0.717) is 18.7 Å². The van der Waals surface area contributed by atoms with Crippen molar-refractivity contribution >= 4 is 11.6 Å². The van der Waals surface area contributed by atoms with Gasteiger partial charge in [0.15, 0.2) is 0 Å². The van der Waals surface area contributed by atoms with Gasteiger partial charge in [0.25, 0.3) is 5.91 Å². The smallest absolute Gasteiger partial charge is 0.251 e. The molecular weight excluding hydrogens is 312 g/mol. The van der Waals surface area contributed by atoms with Crippen molar-refractivity contribution in [1.29, 1.82) is 0 Å². The minimum atomic E-state index is -0.0944. The highest BCUT2D eigenvalue weighted by molar-refractivity contribution is 5.94. The Balaban J connectivity index is 1.90. The molecular formula is C21H26N2O2. The van der Waals surface area contributed by atoms with E-state index in [1.165, 1.54) is 5.69 Å². The largest absolute Gasteiger partial charge is 0.490 e. The lowest BCUT2D eigenvalue weighted by Crippen LogP contribution is -2.23. The lowest BCUT2D eigenvalue weighted by Gasteiger charge is -2.21. The van der Waals surface area contributed by atoms with Crippen molar-refractivity contribution in [2.75, 3.05) is 24.6 Å². The number of nitrogens with one attached hydrogen (secondary N) is 1. The third-order valence-electron chi connectivity index (χ3n) is 4.00. The van der Waals surface area contributed by atoms with Gasteiger partial charge < -0.3 is 15.0 Å². The predicted octanol–water partition coefficient (Wildman–Crippen LogP) is 4.03. The molecule has 0 spiro atoms. The molecule has 0 saturated heterocycles. The van der Waals surface area contributed by atoms with Gasteiger partial charge in [-0.25, -0.2) is 0 Å². The minimum Gasteiger partial charge on any atom is -0.490 e. The molecule has 4 heteroatoms. The first kappa shape index (κ1) is 18.6. The first-order valence-electron chi connectivity index (χ1n) is 8.63. The van der Waals surface area contributed by atoms with E-state index in [0.717, 1.165) is 24.4 Å². The zero-order chi connectivity index (χ0) is 18.1. The molecule has 25 heavy (non-hydrogen) atoms. The number of anilines is 1. The summed E-state index contributed by atoms with van der Waals surface area (Å²) in [5, 5.41) is 2.95. The van der Waals surface area contributed by atoms with E-state index in [-0.39, 0.29) is 5.91 Å². The van der Waals surface area contributed by atoms with Crippen LogP contribution in [0.3, 0.4) is 0 Å². The van der Waals surface area contributed by atoms with E-state index >= 15 is 0 Å². The average molecular weight is 338 g/mol. The third-order valence-corrected chi connectivity index (χ3v) is 4.00. The van der Waals surface area contributed by atoms with Gasteiger partial charge in [-0.15, -0.1) is 0 Å². The van der Waals surface area contributed by atoms with Crippen LogP contribution in [-0.4, -0.2) is 25.6 Å². The molecule has 0 aliphatic rings. The molecule has 2 rings (SSSR count). The zero-order valence-corrected chi connectivity index (χ0v) is 15.0. The second-order valence-corrected chi connectivity index (χ2v) is 5.65. The molecule has 4 nitrogen and oxygen atoms in total. The molecule has 0 heterocycles. The summed E-state index contributed by atoms with van der Waals surface area (Å²) in [7, 11) is 0. The molecule has 0 aliphatic carbocycles. The maximum atomic E-state index is 12.2. The fraction of sp³-hybridized carbons (Fsp3) is 0.286. The van der Waals surface area contributed by atoms with Gasteiger partial charge in [-0.1, -0.05) is 24.8 Å².